The van der Waals surface area contributed by atoms with Gasteiger partial charge in [0.15, 0.2) is 0 Å². The van der Waals surface area contributed by atoms with Gasteiger partial charge >= 0.3 is 0 Å². The van der Waals surface area contributed by atoms with Crippen LogP contribution in [0.3, 0.4) is 0 Å². The zero-order valence-electron chi connectivity index (χ0n) is 12.3. The number of hydrogen-bond acceptors (Lipinski definition) is 2. The Labute approximate surface area is 114 Å². The quantitative estimate of drug-likeness (QED) is 0.697. The Hall–Kier alpha value is -0.0800. The van der Waals surface area contributed by atoms with Gasteiger partial charge in [-0.05, 0) is 51.7 Å². The Bertz CT molecular complexity index is 211. The van der Waals surface area contributed by atoms with Gasteiger partial charge in [-0.2, -0.15) is 0 Å². The lowest BCUT2D eigenvalue weighted by molar-refractivity contribution is 0.117. The maximum absolute atomic E-state index is 3.73. The van der Waals surface area contributed by atoms with Crippen molar-refractivity contribution < 1.29 is 0 Å². The number of rotatable bonds is 7. The van der Waals surface area contributed by atoms with Gasteiger partial charge in [-0.25, -0.2) is 0 Å². The van der Waals surface area contributed by atoms with Crippen molar-refractivity contribution in [2.75, 3.05) is 19.6 Å². The van der Waals surface area contributed by atoms with Gasteiger partial charge in [-0.3, -0.25) is 4.90 Å². The SMILES string of the molecule is CCCCCCCN1CCCCC1C1CCCN1. The predicted octanol–water partition coefficient (Wildman–Crippen LogP) is 3.56. The summed E-state index contributed by atoms with van der Waals surface area (Å²) < 4.78 is 0. The van der Waals surface area contributed by atoms with E-state index in [4.69, 9.17) is 0 Å². The Morgan fingerprint density at radius 1 is 1.00 bits per heavy atom. The summed E-state index contributed by atoms with van der Waals surface area (Å²) >= 11 is 0. The van der Waals surface area contributed by atoms with Crippen LogP contribution in [-0.4, -0.2) is 36.6 Å². The maximum Gasteiger partial charge on any atom is 0.0249 e. The van der Waals surface area contributed by atoms with Crippen molar-refractivity contribution in [3.63, 3.8) is 0 Å². The lowest BCUT2D eigenvalue weighted by atomic mass is 9.94. The molecule has 2 fully saturated rings. The number of unbranched alkanes of at least 4 members (excludes halogenated alkanes) is 4. The standard InChI is InChI=1S/C16H32N2/c1-2-3-4-5-7-13-18-14-8-6-11-16(18)15-10-9-12-17-15/h15-17H,2-14H2,1H3. The Balaban J connectivity index is 1.69. The molecule has 2 heteroatoms. The van der Waals surface area contributed by atoms with Crippen LogP contribution in [0, 0.1) is 0 Å². The van der Waals surface area contributed by atoms with E-state index >= 15 is 0 Å². The highest BCUT2D eigenvalue weighted by Crippen LogP contribution is 2.24. The van der Waals surface area contributed by atoms with E-state index < -0.39 is 0 Å². The van der Waals surface area contributed by atoms with Crippen LogP contribution in [-0.2, 0) is 0 Å². The van der Waals surface area contributed by atoms with Crippen LogP contribution < -0.4 is 5.32 Å². The van der Waals surface area contributed by atoms with Crippen LogP contribution in [0.15, 0.2) is 0 Å². The molecule has 0 saturated carbocycles. The lowest BCUT2D eigenvalue weighted by Gasteiger charge is -2.39. The van der Waals surface area contributed by atoms with E-state index in [0.717, 1.165) is 12.1 Å². The second-order valence-electron chi connectivity index (χ2n) is 6.22. The summed E-state index contributed by atoms with van der Waals surface area (Å²) in [5.74, 6) is 0. The first-order valence-electron chi connectivity index (χ1n) is 8.39. The second kappa shape index (κ2) is 8.16. The molecule has 2 aliphatic rings. The Morgan fingerprint density at radius 2 is 1.89 bits per heavy atom. The van der Waals surface area contributed by atoms with Crippen LogP contribution in [0.2, 0.25) is 0 Å². The molecule has 2 rings (SSSR count). The van der Waals surface area contributed by atoms with Crippen LogP contribution in [0.25, 0.3) is 0 Å². The fourth-order valence-electron chi connectivity index (χ4n) is 3.71. The zero-order valence-corrected chi connectivity index (χ0v) is 12.3. The van der Waals surface area contributed by atoms with Crippen molar-refractivity contribution in [2.24, 2.45) is 0 Å². The van der Waals surface area contributed by atoms with Crippen molar-refractivity contribution >= 4 is 0 Å². The van der Waals surface area contributed by atoms with Crippen LogP contribution >= 0.6 is 0 Å². The number of nitrogens with one attached hydrogen (secondary N) is 1. The lowest BCUT2D eigenvalue weighted by Crippen LogP contribution is -2.50. The van der Waals surface area contributed by atoms with Gasteiger partial charge in [0.25, 0.3) is 0 Å². The molecule has 2 atom stereocenters. The molecule has 2 nitrogen and oxygen atoms in total. The van der Waals surface area contributed by atoms with E-state index in [1.54, 1.807) is 0 Å². The van der Waals surface area contributed by atoms with Crippen molar-refractivity contribution in [2.45, 2.75) is 83.2 Å². The second-order valence-corrected chi connectivity index (χ2v) is 6.22. The van der Waals surface area contributed by atoms with E-state index in [-0.39, 0.29) is 0 Å². The van der Waals surface area contributed by atoms with Crippen molar-refractivity contribution in [3.05, 3.63) is 0 Å². The molecule has 0 amide bonds. The van der Waals surface area contributed by atoms with E-state index in [1.807, 2.05) is 0 Å². The number of nitrogens with zero attached hydrogens (tertiary/aromatic N) is 1. The number of piperidine rings is 1. The van der Waals surface area contributed by atoms with Crippen molar-refractivity contribution in [1.82, 2.24) is 10.2 Å². The monoisotopic (exact) mass is 252 g/mol. The molecule has 2 unspecified atom stereocenters. The molecule has 2 aliphatic heterocycles. The summed E-state index contributed by atoms with van der Waals surface area (Å²) in [5.41, 5.74) is 0. The molecule has 0 radical (unpaired) electrons. The molecular weight excluding hydrogens is 220 g/mol. The van der Waals surface area contributed by atoms with Gasteiger partial charge in [0.1, 0.15) is 0 Å². The van der Waals surface area contributed by atoms with Crippen molar-refractivity contribution in [1.29, 1.82) is 0 Å². The minimum Gasteiger partial charge on any atom is -0.312 e. The van der Waals surface area contributed by atoms with Crippen molar-refractivity contribution in [3.8, 4) is 0 Å². The van der Waals surface area contributed by atoms with E-state index in [1.165, 1.54) is 83.8 Å². The largest absolute Gasteiger partial charge is 0.312 e. The average molecular weight is 252 g/mol. The minimum absolute atomic E-state index is 0.806. The topological polar surface area (TPSA) is 15.3 Å². The van der Waals surface area contributed by atoms with Gasteiger partial charge in [-0.1, -0.05) is 39.0 Å². The highest BCUT2D eigenvalue weighted by Gasteiger charge is 2.30. The molecule has 0 aromatic carbocycles. The van der Waals surface area contributed by atoms with E-state index in [9.17, 15) is 0 Å². The highest BCUT2D eigenvalue weighted by molar-refractivity contribution is 4.90. The summed E-state index contributed by atoms with van der Waals surface area (Å²) in [5, 5.41) is 3.73. The van der Waals surface area contributed by atoms with Crippen LogP contribution in [0.5, 0.6) is 0 Å². The first-order chi connectivity index (χ1) is 8.92. The minimum atomic E-state index is 0.806. The smallest absolute Gasteiger partial charge is 0.0249 e. The fourth-order valence-corrected chi connectivity index (χ4v) is 3.71. The number of likely N-dealkylation sites (tertiary alicyclic amines) is 1. The highest BCUT2D eigenvalue weighted by atomic mass is 15.2. The molecule has 0 aromatic heterocycles. The molecule has 0 aliphatic carbocycles. The summed E-state index contributed by atoms with van der Waals surface area (Å²) in [6.07, 6.45) is 14.2. The molecule has 106 valence electrons. The summed E-state index contributed by atoms with van der Waals surface area (Å²) in [6.45, 7) is 6.27. The molecule has 2 heterocycles. The summed E-state index contributed by atoms with van der Waals surface area (Å²) in [7, 11) is 0. The van der Waals surface area contributed by atoms with Gasteiger partial charge in [0, 0.05) is 12.1 Å². The summed E-state index contributed by atoms with van der Waals surface area (Å²) in [4.78, 5) is 2.80. The normalized spacial score (nSPS) is 29.8. The number of hydrogen-bond donors (Lipinski definition) is 1. The third-order valence-corrected chi connectivity index (χ3v) is 4.78. The molecular formula is C16H32N2. The maximum atomic E-state index is 3.73. The first kappa shape index (κ1) is 14.3. The summed E-state index contributed by atoms with van der Waals surface area (Å²) in [6, 6.07) is 1.66. The van der Waals surface area contributed by atoms with E-state index in [2.05, 4.69) is 17.1 Å². The third-order valence-electron chi connectivity index (χ3n) is 4.78. The zero-order chi connectivity index (χ0) is 12.6. The first-order valence-corrected chi connectivity index (χ1v) is 8.39. The third kappa shape index (κ3) is 4.24. The van der Waals surface area contributed by atoms with E-state index in [0.29, 0.717) is 0 Å². The molecule has 0 bridgehead atoms. The molecule has 2 saturated heterocycles. The molecule has 18 heavy (non-hydrogen) atoms. The molecule has 1 N–H and O–H groups in total. The van der Waals surface area contributed by atoms with Gasteiger partial charge in [0.05, 0.1) is 0 Å². The van der Waals surface area contributed by atoms with Crippen LogP contribution in [0.4, 0.5) is 0 Å². The predicted molar refractivity (Wildman–Crippen MR) is 79.0 cm³/mol. The van der Waals surface area contributed by atoms with Gasteiger partial charge in [-0.15, -0.1) is 0 Å². The Kier molecular flexibility index (Phi) is 6.50. The fraction of sp³-hybridized carbons (Fsp3) is 1.00. The molecule has 0 aromatic rings. The van der Waals surface area contributed by atoms with Gasteiger partial charge < -0.3 is 5.32 Å². The Morgan fingerprint density at radius 3 is 2.67 bits per heavy atom. The van der Waals surface area contributed by atoms with Gasteiger partial charge in [0.2, 0.25) is 0 Å². The van der Waals surface area contributed by atoms with Crippen LogP contribution in [0.1, 0.15) is 71.1 Å². The molecule has 0 spiro atoms. The average Bonchev–Trinajstić information content (AvgIpc) is 2.93.